The molecule has 0 aromatic carbocycles. The van der Waals surface area contributed by atoms with Gasteiger partial charge in [0, 0.05) is 13.0 Å². The fourth-order valence-corrected chi connectivity index (χ4v) is 1.27. The Morgan fingerprint density at radius 1 is 1.67 bits per heavy atom. The molecule has 1 aliphatic heterocycles. The lowest BCUT2D eigenvalue weighted by Crippen LogP contribution is -2.46. The summed E-state index contributed by atoms with van der Waals surface area (Å²) in [4.78, 5) is 10.9. The van der Waals surface area contributed by atoms with Gasteiger partial charge in [0.15, 0.2) is 0 Å². The number of halogens is 2. The first-order chi connectivity index (χ1) is 5.55. The summed E-state index contributed by atoms with van der Waals surface area (Å²) in [5.41, 5.74) is 0. The normalized spacial score (nSPS) is 28.1. The van der Waals surface area contributed by atoms with E-state index >= 15 is 0 Å². The average molecular weight is 179 g/mol. The van der Waals surface area contributed by atoms with Crippen LogP contribution in [0.5, 0.6) is 0 Å². The number of nitrogens with one attached hydrogen (secondary N) is 1. The second-order valence-electron chi connectivity index (χ2n) is 2.91. The van der Waals surface area contributed by atoms with Gasteiger partial charge in [0.2, 0.25) is 0 Å². The van der Waals surface area contributed by atoms with Gasteiger partial charge >= 0.3 is 5.97 Å². The standard InChI is InChI=1S/C7H11F2NO2/c1-12-6(11)5-2-7(8,9)4-10-3-5/h5,10H,2-4H2,1H3/t5-/m0/s1. The van der Waals surface area contributed by atoms with Crippen molar-refractivity contribution in [2.24, 2.45) is 5.92 Å². The molecule has 1 atom stereocenters. The monoisotopic (exact) mass is 179 g/mol. The number of piperidine rings is 1. The van der Waals surface area contributed by atoms with Crippen molar-refractivity contribution in [3.63, 3.8) is 0 Å². The van der Waals surface area contributed by atoms with E-state index in [9.17, 15) is 13.6 Å². The summed E-state index contributed by atoms with van der Waals surface area (Å²) in [6.07, 6.45) is -0.410. The van der Waals surface area contributed by atoms with Crippen LogP contribution in [0.2, 0.25) is 0 Å². The van der Waals surface area contributed by atoms with E-state index in [0.29, 0.717) is 0 Å². The molecular weight excluding hydrogens is 168 g/mol. The highest BCUT2D eigenvalue weighted by atomic mass is 19.3. The largest absolute Gasteiger partial charge is 0.469 e. The predicted octanol–water partition coefficient (Wildman–Crippen LogP) is 0.404. The Hall–Kier alpha value is -0.710. The van der Waals surface area contributed by atoms with Crippen LogP contribution in [0.4, 0.5) is 8.78 Å². The van der Waals surface area contributed by atoms with Crippen molar-refractivity contribution in [2.45, 2.75) is 12.3 Å². The maximum absolute atomic E-state index is 12.7. The van der Waals surface area contributed by atoms with Gasteiger partial charge in [0.1, 0.15) is 0 Å². The molecule has 1 saturated heterocycles. The van der Waals surface area contributed by atoms with Crippen molar-refractivity contribution in [1.82, 2.24) is 5.32 Å². The zero-order chi connectivity index (χ0) is 9.19. The number of methoxy groups -OCH3 is 1. The molecule has 0 amide bonds. The minimum atomic E-state index is -2.78. The molecule has 0 aliphatic carbocycles. The number of carbonyl (C=O) groups is 1. The number of ether oxygens (including phenoxy) is 1. The van der Waals surface area contributed by atoms with Crippen LogP contribution in [-0.4, -0.2) is 32.1 Å². The minimum Gasteiger partial charge on any atom is -0.469 e. The van der Waals surface area contributed by atoms with Gasteiger partial charge in [-0.05, 0) is 0 Å². The second-order valence-corrected chi connectivity index (χ2v) is 2.91. The Kier molecular flexibility index (Phi) is 2.62. The van der Waals surface area contributed by atoms with Crippen LogP contribution in [-0.2, 0) is 9.53 Å². The second kappa shape index (κ2) is 3.35. The average Bonchev–Trinajstić information content (AvgIpc) is 2.01. The van der Waals surface area contributed by atoms with E-state index in [2.05, 4.69) is 10.1 Å². The van der Waals surface area contributed by atoms with Gasteiger partial charge in [-0.25, -0.2) is 8.78 Å². The summed E-state index contributed by atoms with van der Waals surface area (Å²) in [6, 6.07) is 0. The van der Waals surface area contributed by atoms with Crippen molar-refractivity contribution in [1.29, 1.82) is 0 Å². The minimum absolute atomic E-state index is 0.280. The van der Waals surface area contributed by atoms with Gasteiger partial charge in [0.25, 0.3) is 5.92 Å². The molecule has 1 heterocycles. The fourth-order valence-electron chi connectivity index (χ4n) is 1.27. The van der Waals surface area contributed by atoms with Gasteiger partial charge in [-0.2, -0.15) is 0 Å². The topological polar surface area (TPSA) is 38.3 Å². The molecule has 70 valence electrons. The van der Waals surface area contributed by atoms with Gasteiger partial charge in [-0.1, -0.05) is 0 Å². The van der Waals surface area contributed by atoms with Crippen LogP contribution in [0, 0.1) is 5.92 Å². The number of alkyl halides is 2. The fraction of sp³-hybridized carbons (Fsp3) is 0.857. The van der Waals surface area contributed by atoms with E-state index in [-0.39, 0.29) is 13.1 Å². The van der Waals surface area contributed by atoms with Gasteiger partial charge in [-0.15, -0.1) is 0 Å². The van der Waals surface area contributed by atoms with Crippen LogP contribution in [0.3, 0.4) is 0 Å². The molecule has 0 saturated carbocycles. The maximum atomic E-state index is 12.7. The molecule has 0 aromatic heterocycles. The summed E-state index contributed by atoms with van der Waals surface area (Å²) in [6.45, 7) is -0.0667. The number of hydrogen-bond acceptors (Lipinski definition) is 3. The lowest BCUT2D eigenvalue weighted by Gasteiger charge is -2.27. The van der Waals surface area contributed by atoms with E-state index in [1.54, 1.807) is 0 Å². The molecule has 5 heteroatoms. The first-order valence-electron chi connectivity index (χ1n) is 3.71. The van der Waals surface area contributed by atoms with E-state index in [4.69, 9.17) is 0 Å². The smallest absolute Gasteiger partial charge is 0.310 e. The zero-order valence-electron chi connectivity index (χ0n) is 6.77. The number of hydrogen-bond donors (Lipinski definition) is 1. The van der Waals surface area contributed by atoms with Crippen LogP contribution >= 0.6 is 0 Å². The molecule has 0 radical (unpaired) electrons. The third kappa shape index (κ3) is 2.14. The zero-order valence-corrected chi connectivity index (χ0v) is 6.77. The molecule has 1 rings (SSSR count). The van der Waals surface area contributed by atoms with Crippen molar-refractivity contribution >= 4 is 5.97 Å². The molecule has 3 nitrogen and oxygen atoms in total. The lowest BCUT2D eigenvalue weighted by molar-refractivity contribution is -0.151. The van der Waals surface area contributed by atoms with Crippen molar-refractivity contribution in [2.75, 3.05) is 20.2 Å². The summed E-state index contributed by atoms with van der Waals surface area (Å²) in [5.74, 6) is -4.06. The molecule has 1 aliphatic rings. The van der Waals surface area contributed by atoms with Crippen molar-refractivity contribution < 1.29 is 18.3 Å². The quantitative estimate of drug-likeness (QED) is 0.592. The third-order valence-corrected chi connectivity index (χ3v) is 1.85. The van der Waals surface area contributed by atoms with Crippen LogP contribution < -0.4 is 5.32 Å². The predicted molar refractivity (Wildman–Crippen MR) is 37.9 cm³/mol. The molecule has 1 fully saturated rings. The molecule has 0 spiro atoms. The Morgan fingerprint density at radius 2 is 2.33 bits per heavy atom. The maximum Gasteiger partial charge on any atom is 0.310 e. The number of carbonyl (C=O) groups excluding carboxylic acids is 1. The van der Waals surface area contributed by atoms with Crippen LogP contribution in [0.25, 0.3) is 0 Å². The Labute approximate surface area is 69.1 Å². The van der Waals surface area contributed by atoms with Crippen molar-refractivity contribution in [3.8, 4) is 0 Å². The molecule has 0 aromatic rings. The summed E-state index contributed by atoms with van der Waals surface area (Å²) < 4.78 is 29.7. The summed E-state index contributed by atoms with van der Waals surface area (Å²) >= 11 is 0. The Bertz CT molecular complexity index is 184. The third-order valence-electron chi connectivity index (χ3n) is 1.85. The van der Waals surface area contributed by atoms with Crippen LogP contribution in [0.15, 0.2) is 0 Å². The molecule has 12 heavy (non-hydrogen) atoms. The van der Waals surface area contributed by atoms with E-state index in [1.165, 1.54) is 7.11 Å². The first kappa shape index (κ1) is 9.38. The van der Waals surface area contributed by atoms with E-state index in [1.807, 2.05) is 0 Å². The summed E-state index contributed by atoms with van der Waals surface area (Å²) in [5, 5.41) is 2.49. The highest BCUT2D eigenvalue weighted by Gasteiger charge is 2.39. The first-order valence-corrected chi connectivity index (χ1v) is 3.71. The number of rotatable bonds is 1. The van der Waals surface area contributed by atoms with Gasteiger partial charge < -0.3 is 10.1 Å². The molecule has 0 unspecified atom stereocenters. The van der Waals surface area contributed by atoms with E-state index in [0.717, 1.165) is 0 Å². The van der Waals surface area contributed by atoms with E-state index < -0.39 is 24.2 Å². The number of esters is 1. The van der Waals surface area contributed by atoms with Gasteiger partial charge in [0.05, 0.1) is 19.6 Å². The molecular formula is C7H11F2NO2. The van der Waals surface area contributed by atoms with Crippen LogP contribution in [0.1, 0.15) is 6.42 Å². The molecule has 0 bridgehead atoms. The summed E-state index contributed by atoms with van der Waals surface area (Å²) in [7, 11) is 1.20. The van der Waals surface area contributed by atoms with Gasteiger partial charge in [-0.3, -0.25) is 4.79 Å². The SMILES string of the molecule is COC(=O)[C@@H]1CNCC(F)(F)C1. The molecule has 1 N–H and O–H groups in total. The lowest BCUT2D eigenvalue weighted by atomic mass is 9.97. The van der Waals surface area contributed by atoms with Crippen molar-refractivity contribution in [3.05, 3.63) is 0 Å². The Morgan fingerprint density at radius 3 is 2.83 bits per heavy atom. The highest BCUT2D eigenvalue weighted by molar-refractivity contribution is 5.72. The highest BCUT2D eigenvalue weighted by Crippen LogP contribution is 2.26. The Balaban J connectivity index is 2.52.